The van der Waals surface area contributed by atoms with E-state index in [-0.39, 0.29) is 0 Å². The summed E-state index contributed by atoms with van der Waals surface area (Å²) in [7, 11) is 0. The molecule has 2 aromatic carbocycles. The van der Waals surface area contributed by atoms with Crippen LogP contribution in [0.15, 0.2) is 104 Å². The minimum Gasteiger partial charge on any atom is -0.309 e. The maximum Gasteiger partial charge on any atom is 0.0719 e. The minimum absolute atomic E-state index is 0.915. The van der Waals surface area contributed by atoms with Gasteiger partial charge in [-0.15, -0.1) is 0 Å². The van der Waals surface area contributed by atoms with Gasteiger partial charge in [-0.05, 0) is 48.5 Å². The molecular formula is C22H17N3. The molecule has 2 aromatic heterocycles. The summed E-state index contributed by atoms with van der Waals surface area (Å²) in [6.07, 6.45) is 5.50. The molecule has 0 atom stereocenters. The van der Waals surface area contributed by atoms with E-state index in [9.17, 15) is 0 Å². The minimum atomic E-state index is 0.915. The summed E-state index contributed by atoms with van der Waals surface area (Å²) >= 11 is 0. The number of para-hydroxylation sites is 2. The van der Waals surface area contributed by atoms with Crippen molar-refractivity contribution in [2.24, 2.45) is 0 Å². The van der Waals surface area contributed by atoms with Crippen molar-refractivity contribution in [3.05, 3.63) is 104 Å². The lowest BCUT2D eigenvalue weighted by Crippen LogP contribution is -2.09. The highest BCUT2D eigenvalue weighted by Crippen LogP contribution is 2.34. The van der Waals surface area contributed by atoms with Crippen LogP contribution in [0.4, 0.5) is 17.1 Å². The van der Waals surface area contributed by atoms with E-state index in [1.807, 2.05) is 67.0 Å². The molecule has 0 saturated carbocycles. The third kappa shape index (κ3) is 3.26. The molecule has 0 aliphatic carbocycles. The first kappa shape index (κ1) is 15.1. The molecule has 0 radical (unpaired) electrons. The fraction of sp³-hybridized carbons (Fsp3) is 0. The van der Waals surface area contributed by atoms with Crippen LogP contribution in [0.5, 0.6) is 0 Å². The molecule has 4 aromatic rings. The van der Waals surface area contributed by atoms with Crippen LogP contribution in [-0.4, -0.2) is 9.97 Å². The van der Waals surface area contributed by atoms with Crippen molar-refractivity contribution in [1.82, 2.24) is 9.97 Å². The Balaban J connectivity index is 1.75. The molecule has 0 fully saturated rings. The first-order chi connectivity index (χ1) is 12.4. The fourth-order valence-corrected chi connectivity index (χ4v) is 2.80. The third-order valence-electron chi connectivity index (χ3n) is 3.99. The molecule has 0 N–H and O–H groups in total. The molecule has 0 aliphatic heterocycles. The highest BCUT2D eigenvalue weighted by atomic mass is 15.1. The fourth-order valence-electron chi connectivity index (χ4n) is 2.80. The number of hydrogen-bond donors (Lipinski definition) is 0. The average molecular weight is 323 g/mol. The maximum atomic E-state index is 4.64. The van der Waals surface area contributed by atoms with E-state index < -0.39 is 0 Å². The van der Waals surface area contributed by atoms with Crippen LogP contribution in [-0.2, 0) is 0 Å². The molecule has 3 heteroatoms. The van der Waals surface area contributed by atoms with Crippen LogP contribution in [0.25, 0.3) is 11.3 Å². The van der Waals surface area contributed by atoms with E-state index >= 15 is 0 Å². The lowest BCUT2D eigenvalue weighted by Gasteiger charge is -2.25. The largest absolute Gasteiger partial charge is 0.309 e. The van der Waals surface area contributed by atoms with Crippen molar-refractivity contribution in [2.45, 2.75) is 0 Å². The van der Waals surface area contributed by atoms with Crippen LogP contribution < -0.4 is 4.90 Å². The smallest absolute Gasteiger partial charge is 0.0719 e. The molecule has 0 saturated heterocycles. The van der Waals surface area contributed by atoms with Gasteiger partial charge >= 0.3 is 0 Å². The van der Waals surface area contributed by atoms with E-state index in [4.69, 9.17) is 0 Å². The van der Waals surface area contributed by atoms with Gasteiger partial charge in [0.2, 0.25) is 0 Å². The lowest BCUT2D eigenvalue weighted by atomic mass is 10.1. The van der Waals surface area contributed by atoms with Gasteiger partial charge in [0.1, 0.15) is 0 Å². The average Bonchev–Trinajstić information content (AvgIpc) is 2.71. The summed E-state index contributed by atoms with van der Waals surface area (Å²) in [4.78, 5) is 11.0. The van der Waals surface area contributed by atoms with Gasteiger partial charge in [0.05, 0.1) is 17.6 Å². The highest BCUT2D eigenvalue weighted by Gasteiger charge is 2.12. The number of anilines is 3. The zero-order chi connectivity index (χ0) is 16.9. The summed E-state index contributed by atoms with van der Waals surface area (Å²) in [5.41, 5.74) is 5.15. The molecule has 4 rings (SSSR count). The molecule has 0 amide bonds. The van der Waals surface area contributed by atoms with Crippen molar-refractivity contribution in [3.63, 3.8) is 0 Å². The van der Waals surface area contributed by atoms with Crippen molar-refractivity contribution < 1.29 is 0 Å². The Labute approximate surface area is 147 Å². The van der Waals surface area contributed by atoms with Gasteiger partial charge in [0.25, 0.3) is 0 Å². The zero-order valence-electron chi connectivity index (χ0n) is 13.7. The Kier molecular flexibility index (Phi) is 4.21. The molecule has 2 heterocycles. The number of hydrogen-bond acceptors (Lipinski definition) is 3. The van der Waals surface area contributed by atoms with Gasteiger partial charge in [-0.2, -0.15) is 0 Å². The van der Waals surface area contributed by atoms with Gasteiger partial charge < -0.3 is 4.90 Å². The van der Waals surface area contributed by atoms with Crippen LogP contribution >= 0.6 is 0 Å². The predicted molar refractivity (Wildman–Crippen MR) is 102 cm³/mol. The van der Waals surface area contributed by atoms with E-state index in [0.29, 0.717) is 0 Å². The van der Waals surface area contributed by atoms with Gasteiger partial charge in [-0.1, -0.05) is 36.4 Å². The number of benzene rings is 2. The number of nitrogens with zero attached hydrogens (tertiary/aromatic N) is 3. The van der Waals surface area contributed by atoms with E-state index in [1.165, 1.54) is 0 Å². The van der Waals surface area contributed by atoms with Crippen LogP contribution in [0.1, 0.15) is 0 Å². The standard InChI is InChI=1S/C22H17N3/c1-3-9-19(10-4-1)25(20-11-5-2-6-12-20)21-13-14-22(24-17-21)18-8-7-15-23-16-18/h1-17H. The van der Waals surface area contributed by atoms with Crippen molar-refractivity contribution >= 4 is 17.1 Å². The SMILES string of the molecule is c1ccc(N(c2ccccc2)c2ccc(-c3cccnc3)nc2)cc1. The van der Waals surface area contributed by atoms with Crippen LogP contribution in [0, 0.1) is 0 Å². The van der Waals surface area contributed by atoms with Gasteiger partial charge in [0.15, 0.2) is 0 Å². The molecule has 0 spiro atoms. The van der Waals surface area contributed by atoms with Crippen molar-refractivity contribution in [2.75, 3.05) is 4.90 Å². The molecule has 120 valence electrons. The molecule has 3 nitrogen and oxygen atoms in total. The van der Waals surface area contributed by atoms with E-state index in [1.54, 1.807) is 6.20 Å². The normalized spacial score (nSPS) is 10.4. The summed E-state index contributed by atoms with van der Waals surface area (Å²) in [6.45, 7) is 0. The monoisotopic (exact) mass is 323 g/mol. The van der Waals surface area contributed by atoms with Crippen molar-refractivity contribution in [1.29, 1.82) is 0 Å². The second kappa shape index (κ2) is 6.97. The molecule has 25 heavy (non-hydrogen) atoms. The molecular weight excluding hydrogens is 306 g/mol. The summed E-state index contributed by atoms with van der Waals surface area (Å²) in [6, 6.07) is 28.7. The number of pyridine rings is 2. The Morgan fingerprint density at radius 3 is 1.76 bits per heavy atom. The Morgan fingerprint density at radius 2 is 1.24 bits per heavy atom. The van der Waals surface area contributed by atoms with Gasteiger partial charge in [0, 0.05) is 29.3 Å². The van der Waals surface area contributed by atoms with Crippen LogP contribution in [0.3, 0.4) is 0 Å². The van der Waals surface area contributed by atoms with Gasteiger partial charge in [-0.3, -0.25) is 9.97 Å². The maximum absolute atomic E-state index is 4.64. The second-order valence-electron chi connectivity index (χ2n) is 5.65. The molecule has 0 bridgehead atoms. The zero-order valence-corrected chi connectivity index (χ0v) is 13.7. The van der Waals surface area contributed by atoms with E-state index in [0.717, 1.165) is 28.3 Å². The topological polar surface area (TPSA) is 29.0 Å². The Morgan fingerprint density at radius 1 is 0.560 bits per heavy atom. The Hall–Kier alpha value is -3.46. The van der Waals surface area contributed by atoms with Crippen molar-refractivity contribution in [3.8, 4) is 11.3 Å². The van der Waals surface area contributed by atoms with Gasteiger partial charge in [-0.25, -0.2) is 0 Å². The third-order valence-corrected chi connectivity index (χ3v) is 3.99. The predicted octanol–water partition coefficient (Wildman–Crippen LogP) is 5.61. The summed E-state index contributed by atoms with van der Waals surface area (Å²) < 4.78 is 0. The quantitative estimate of drug-likeness (QED) is 0.488. The van der Waals surface area contributed by atoms with Crippen LogP contribution in [0.2, 0.25) is 0 Å². The highest BCUT2D eigenvalue weighted by molar-refractivity contribution is 5.76. The molecule has 0 unspecified atom stereocenters. The van der Waals surface area contributed by atoms with E-state index in [2.05, 4.69) is 45.2 Å². The summed E-state index contributed by atoms with van der Waals surface area (Å²) in [5.74, 6) is 0. The molecule has 0 aliphatic rings. The number of rotatable bonds is 4. The first-order valence-corrected chi connectivity index (χ1v) is 8.18. The number of aromatic nitrogens is 2. The second-order valence-corrected chi connectivity index (χ2v) is 5.65. The lowest BCUT2D eigenvalue weighted by molar-refractivity contribution is 1.22. The Bertz CT molecular complexity index is 882. The first-order valence-electron chi connectivity index (χ1n) is 8.18. The summed E-state index contributed by atoms with van der Waals surface area (Å²) in [5, 5.41) is 0.